The highest BCUT2D eigenvalue weighted by Gasteiger charge is 2.18. The van der Waals surface area contributed by atoms with Gasteiger partial charge in [-0.1, -0.05) is 5.16 Å². The van der Waals surface area contributed by atoms with Crippen molar-refractivity contribution >= 4 is 17.3 Å². The lowest BCUT2D eigenvalue weighted by molar-refractivity contribution is -0.384. The molecule has 1 amide bonds. The number of nitro groups is 1. The first-order valence-electron chi connectivity index (χ1n) is 5.69. The van der Waals surface area contributed by atoms with Gasteiger partial charge in [0.15, 0.2) is 0 Å². The van der Waals surface area contributed by atoms with Crippen molar-refractivity contribution in [3.63, 3.8) is 0 Å². The van der Waals surface area contributed by atoms with Crippen molar-refractivity contribution in [3.05, 3.63) is 34.1 Å². The Morgan fingerprint density at radius 1 is 1.55 bits per heavy atom. The van der Waals surface area contributed by atoms with Crippen molar-refractivity contribution in [2.75, 3.05) is 12.3 Å². The number of aromatic nitrogens is 2. The van der Waals surface area contributed by atoms with E-state index < -0.39 is 10.8 Å². The van der Waals surface area contributed by atoms with Crippen LogP contribution in [0, 0.1) is 10.1 Å². The van der Waals surface area contributed by atoms with Gasteiger partial charge in [-0.2, -0.15) is 4.98 Å². The molecule has 0 unspecified atom stereocenters. The van der Waals surface area contributed by atoms with Crippen LogP contribution in [0.25, 0.3) is 11.5 Å². The molecule has 0 atom stereocenters. The van der Waals surface area contributed by atoms with Crippen molar-refractivity contribution in [1.29, 1.82) is 0 Å². The molecule has 0 saturated carbocycles. The summed E-state index contributed by atoms with van der Waals surface area (Å²) in [5, 5.41) is 16.7. The molecule has 1 heterocycles. The first-order valence-corrected chi connectivity index (χ1v) is 5.69. The minimum absolute atomic E-state index is 0.0265. The zero-order valence-electron chi connectivity index (χ0n) is 10.5. The Morgan fingerprint density at radius 2 is 2.30 bits per heavy atom. The fourth-order valence-electron chi connectivity index (χ4n) is 1.52. The third-order valence-electron chi connectivity index (χ3n) is 2.44. The van der Waals surface area contributed by atoms with Gasteiger partial charge in [-0.05, 0) is 13.0 Å². The van der Waals surface area contributed by atoms with E-state index in [1.807, 2.05) is 0 Å². The van der Waals surface area contributed by atoms with Crippen molar-refractivity contribution in [2.45, 2.75) is 6.92 Å². The number of nitrogens with one attached hydrogen (secondary N) is 1. The molecule has 0 radical (unpaired) electrons. The number of nitro benzene ring substituents is 1. The SMILES string of the molecule is CCNC(=O)c1noc(-c2ccc([N+](=O)[O-])cc2N)n1. The molecule has 9 nitrogen and oxygen atoms in total. The van der Waals surface area contributed by atoms with Crippen LogP contribution in [-0.4, -0.2) is 27.5 Å². The maximum atomic E-state index is 11.5. The summed E-state index contributed by atoms with van der Waals surface area (Å²) in [7, 11) is 0. The van der Waals surface area contributed by atoms with Gasteiger partial charge in [0.1, 0.15) is 0 Å². The number of carbonyl (C=O) groups excluding carboxylic acids is 1. The number of anilines is 1. The minimum atomic E-state index is -0.561. The van der Waals surface area contributed by atoms with Gasteiger partial charge in [-0.3, -0.25) is 14.9 Å². The van der Waals surface area contributed by atoms with E-state index in [0.29, 0.717) is 12.1 Å². The third-order valence-corrected chi connectivity index (χ3v) is 2.44. The van der Waals surface area contributed by atoms with E-state index in [4.69, 9.17) is 10.3 Å². The Kier molecular flexibility index (Phi) is 3.60. The lowest BCUT2D eigenvalue weighted by Gasteiger charge is -1.99. The van der Waals surface area contributed by atoms with Gasteiger partial charge in [0.25, 0.3) is 23.3 Å². The highest BCUT2D eigenvalue weighted by molar-refractivity contribution is 5.90. The normalized spacial score (nSPS) is 10.2. The molecule has 2 rings (SSSR count). The number of nitrogen functional groups attached to an aromatic ring is 1. The molecule has 0 aliphatic carbocycles. The Hall–Kier alpha value is -2.97. The molecular weight excluding hydrogens is 266 g/mol. The van der Waals surface area contributed by atoms with Crippen molar-refractivity contribution in [3.8, 4) is 11.5 Å². The summed E-state index contributed by atoms with van der Waals surface area (Å²) in [5.41, 5.74) is 6.01. The van der Waals surface area contributed by atoms with Gasteiger partial charge in [0.2, 0.25) is 0 Å². The molecule has 0 fully saturated rings. The summed E-state index contributed by atoms with van der Waals surface area (Å²) >= 11 is 0. The van der Waals surface area contributed by atoms with Crippen LogP contribution in [0.15, 0.2) is 22.7 Å². The van der Waals surface area contributed by atoms with Gasteiger partial charge < -0.3 is 15.6 Å². The van der Waals surface area contributed by atoms with E-state index in [9.17, 15) is 14.9 Å². The molecule has 104 valence electrons. The highest BCUT2D eigenvalue weighted by Crippen LogP contribution is 2.27. The summed E-state index contributed by atoms with van der Waals surface area (Å²) < 4.78 is 4.93. The van der Waals surface area contributed by atoms with E-state index in [0.717, 1.165) is 0 Å². The second-order valence-electron chi connectivity index (χ2n) is 3.81. The summed E-state index contributed by atoms with van der Waals surface area (Å²) in [5.74, 6) is -0.568. The van der Waals surface area contributed by atoms with Crippen molar-refractivity contribution < 1.29 is 14.2 Å². The minimum Gasteiger partial charge on any atom is -0.398 e. The average molecular weight is 277 g/mol. The second kappa shape index (κ2) is 5.34. The predicted octanol–water partition coefficient (Wildman–Crippen LogP) is 0.977. The molecule has 20 heavy (non-hydrogen) atoms. The first-order chi connectivity index (χ1) is 9.52. The maximum absolute atomic E-state index is 11.5. The van der Waals surface area contributed by atoms with Crippen LogP contribution in [0.2, 0.25) is 0 Å². The monoisotopic (exact) mass is 277 g/mol. The third kappa shape index (κ3) is 2.55. The van der Waals surface area contributed by atoms with Gasteiger partial charge in [0, 0.05) is 18.7 Å². The van der Waals surface area contributed by atoms with E-state index in [1.165, 1.54) is 18.2 Å². The lowest BCUT2D eigenvalue weighted by atomic mass is 10.1. The Morgan fingerprint density at radius 3 is 2.90 bits per heavy atom. The Labute approximate surface area is 112 Å². The van der Waals surface area contributed by atoms with Crippen LogP contribution in [-0.2, 0) is 0 Å². The number of non-ortho nitro benzene ring substituents is 1. The largest absolute Gasteiger partial charge is 0.398 e. The van der Waals surface area contributed by atoms with Crippen LogP contribution in [0.3, 0.4) is 0 Å². The number of hydrogen-bond donors (Lipinski definition) is 2. The summed E-state index contributed by atoms with van der Waals surface area (Å²) in [4.78, 5) is 25.4. The molecule has 0 bridgehead atoms. The average Bonchev–Trinajstić information content (AvgIpc) is 2.88. The number of rotatable bonds is 4. The second-order valence-corrected chi connectivity index (χ2v) is 3.81. The van der Waals surface area contributed by atoms with E-state index in [1.54, 1.807) is 6.92 Å². The number of nitrogens with two attached hydrogens (primary N) is 1. The van der Waals surface area contributed by atoms with Gasteiger partial charge in [0.05, 0.1) is 16.2 Å². The topological polar surface area (TPSA) is 137 Å². The fraction of sp³-hybridized carbons (Fsp3) is 0.182. The van der Waals surface area contributed by atoms with E-state index >= 15 is 0 Å². The molecule has 0 saturated heterocycles. The Bertz CT molecular complexity index is 667. The Balaban J connectivity index is 2.33. The summed E-state index contributed by atoms with van der Waals surface area (Å²) in [6, 6.07) is 3.84. The lowest BCUT2D eigenvalue weighted by Crippen LogP contribution is -2.23. The van der Waals surface area contributed by atoms with Crippen LogP contribution in [0.4, 0.5) is 11.4 Å². The number of hydrogen-bond acceptors (Lipinski definition) is 7. The molecule has 0 spiro atoms. The molecular formula is C11H11N5O4. The van der Waals surface area contributed by atoms with Crippen molar-refractivity contribution in [2.24, 2.45) is 0 Å². The van der Waals surface area contributed by atoms with E-state index in [2.05, 4.69) is 15.5 Å². The molecule has 1 aromatic heterocycles. The van der Waals surface area contributed by atoms with Crippen LogP contribution < -0.4 is 11.1 Å². The molecule has 0 aliphatic heterocycles. The molecule has 1 aromatic carbocycles. The zero-order valence-corrected chi connectivity index (χ0v) is 10.5. The highest BCUT2D eigenvalue weighted by atomic mass is 16.6. The van der Waals surface area contributed by atoms with Crippen LogP contribution in [0.5, 0.6) is 0 Å². The quantitative estimate of drug-likeness (QED) is 0.482. The predicted molar refractivity (Wildman–Crippen MR) is 68.8 cm³/mol. The van der Waals surface area contributed by atoms with Gasteiger partial charge in [-0.25, -0.2) is 0 Å². The molecule has 0 aliphatic rings. The van der Waals surface area contributed by atoms with Gasteiger partial charge >= 0.3 is 0 Å². The summed E-state index contributed by atoms with van der Waals surface area (Å²) in [6.07, 6.45) is 0. The summed E-state index contributed by atoms with van der Waals surface area (Å²) in [6.45, 7) is 2.19. The smallest absolute Gasteiger partial charge is 0.292 e. The molecule has 2 aromatic rings. The fourth-order valence-corrected chi connectivity index (χ4v) is 1.52. The first kappa shape index (κ1) is 13.5. The number of amides is 1. The maximum Gasteiger partial charge on any atom is 0.292 e. The zero-order chi connectivity index (χ0) is 14.7. The van der Waals surface area contributed by atoms with Gasteiger partial charge in [-0.15, -0.1) is 0 Å². The van der Waals surface area contributed by atoms with E-state index in [-0.39, 0.29) is 23.1 Å². The molecule has 3 N–H and O–H groups in total. The van der Waals surface area contributed by atoms with Crippen LogP contribution in [0.1, 0.15) is 17.5 Å². The number of carbonyl (C=O) groups is 1. The number of nitrogens with zero attached hydrogens (tertiary/aromatic N) is 3. The number of benzene rings is 1. The molecule has 9 heteroatoms. The van der Waals surface area contributed by atoms with Crippen LogP contribution >= 0.6 is 0 Å². The standard InChI is InChI=1S/C11H11N5O4/c1-2-13-10(17)9-14-11(20-15-9)7-4-3-6(16(18)19)5-8(7)12/h3-5H,2,12H2,1H3,(H,13,17). The van der Waals surface area contributed by atoms with Crippen molar-refractivity contribution in [1.82, 2.24) is 15.5 Å².